The summed E-state index contributed by atoms with van der Waals surface area (Å²) in [5.74, 6) is -0.469. The summed E-state index contributed by atoms with van der Waals surface area (Å²) in [5, 5.41) is 9.11. The van der Waals surface area contributed by atoms with Crippen LogP contribution in [0, 0.1) is 0 Å². The molecule has 0 aliphatic rings. The van der Waals surface area contributed by atoms with Gasteiger partial charge in [-0.25, -0.2) is 4.79 Å². The maximum absolute atomic E-state index is 11.1. The molecule has 32 heavy (non-hydrogen) atoms. The Kier molecular flexibility index (Phi) is 6.70. The predicted octanol–water partition coefficient (Wildman–Crippen LogP) is 5.32. The number of aliphatic carboxylic acids is 1. The van der Waals surface area contributed by atoms with Crippen LogP contribution in [0.5, 0.6) is 5.75 Å². The summed E-state index contributed by atoms with van der Waals surface area (Å²) >= 11 is 0. The van der Waals surface area contributed by atoms with E-state index in [9.17, 15) is 4.79 Å². The number of hydrogen-bond donors (Lipinski definition) is 1. The van der Waals surface area contributed by atoms with Gasteiger partial charge in [-0.15, -0.1) is 0 Å². The summed E-state index contributed by atoms with van der Waals surface area (Å²) < 4.78 is 11.6. The van der Waals surface area contributed by atoms with Crippen LogP contribution in [0.4, 0.5) is 6.01 Å². The highest BCUT2D eigenvalue weighted by molar-refractivity contribution is 5.74. The molecular weight excluding hydrogens is 404 g/mol. The Bertz CT molecular complexity index is 1140. The van der Waals surface area contributed by atoms with E-state index in [0.29, 0.717) is 18.3 Å². The molecule has 0 bridgehead atoms. The molecule has 0 saturated carbocycles. The summed E-state index contributed by atoms with van der Waals surface area (Å²) in [6.45, 7) is 2.85. The Labute approximate surface area is 187 Å². The van der Waals surface area contributed by atoms with Crippen LogP contribution in [0.1, 0.15) is 24.5 Å². The van der Waals surface area contributed by atoms with E-state index in [2.05, 4.69) is 34.1 Å². The first-order valence-corrected chi connectivity index (χ1v) is 10.7. The Morgan fingerprint density at radius 2 is 1.78 bits per heavy atom. The average molecular weight is 431 g/mol. The first-order valence-electron chi connectivity index (χ1n) is 10.7. The fraction of sp³-hybridized carbons (Fsp3) is 0.231. The second-order valence-electron chi connectivity index (χ2n) is 7.72. The number of rotatable bonds is 10. The van der Waals surface area contributed by atoms with E-state index < -0.39 is 12.1 Å². The number of aromatic nitrogens is 1. The molecule has 1 N–H and O–H groups in total. The second-order valence-corrected chi connectivity index (χ2v) is 7.72. The van der Waals surface area contributed by atoms with Gasteiger partial charge >= 0.3 is 5.97 Å². The smallest absolute Gasteiger partial charge is 0.344 e. The Hall–Kier alpha value is -3.80. The first-order chi connectivity index (χ1) is 15.6. The molecule has 0 aliphatic heterocycles. The van der Waals surface area contributed by atoms with Crippen molar-refractivity contribution in [1.29, 1.82) is 0 Å². The molecule has 0 radical (unpaired) electrons. The third-order valence-corrected chi connectivity index (χ3v) is 5.22. The number of nitrogens with zero attached hydrogens (tertiary/aromatic N) is 2. The van der Waals surface area contributed by atoms with Gasteiger partial charge in [0.1, 0.15) is 11.3 Å². The van der Waals surface area contributed by atoms with Gasteiger partial charge in [-0.05, 0) is 55.2 Å². The van der Waals surface area contributed by atoms with Crippen molar-refractivity contribution in [3.05, 3.63) is 90.0 Å². The van der Waals surface area contributed by atoms with Crippen LogP contribution in [0.2, 0.25) is 0 Å². The lowest BCUT2D eigenvalue weighted by molar-refractivity contribution is -0.144. The van der Waals surface area contributed by atoms with Gasteiger partial charge in [-0.3, -0.25) is 0 Å². The maximum Gasteiger partial charge on any atom is 0.344 e. The largest absolute Gasteiger partial charge is 0.479 e. The quantitative estimate of drug-likeness (QED) is 0.367. The van der Waals surface area contributed by atoms with Gasteiger partial charge in [0.15, 0.2) is 11.7 Å². The highest BCUT2D eigenvalue weighted by Crippen LogP contribution is 2.25. The molecule has 4 rings (SSSR count). The number of aryl methyl sites for hydroxylation is 1. The first kappa shape index (κ1) is 21.4. The summed E-state index contributed by atoms with van der Waals surface area (Å²) in [6, 6.07) is 26.2. The summed E-state index contributed by atoms with van der Waals surface area (Å²) in [4.78, 5) is 17.9. The third-order valence-electron chi connectivity index (χ3n) is 5.22. The van der Waals surface area contributed by atoms with Gasteiger partial charge in [-0.1, -0.05) is 54.6 Å². The zero-order valence-corrected chi connectivity index (χ0v) is 18.0. The van der Waals surface area contributed by atoms with Crippen LogP contribution in [-0.2, 0) is 17.8 Å². The number of anilines is 1. The molecule has 0 fully saturated rings. The lowest BCUT2D eigenvalue weighted by Gasteiger charge is -2.21. The Balaban J connectivity index is 1.52. The average Bonchev–Trinajstić information content (AvgIpc) is 3.23. The molecule has 1 atom stereocenters. The van der Waals surface area contributed by atoms with Crippen LogP contribution in [0.15, 0.2) is 83.3 Å². The molecule has 0 saturated heterocycles. The van der Waals surface area contributed by atoms with Crippen LogP contribution < -0.4 is 9.64 Å². The SMILES string of the molecule is CC(Oc1cccc(CN(CCCc2ccccc2)c2nc3ccccc3o2)c1)C(=O)O. The van der Waals surface area contributed by atoms with E-state index in [-0.39, 0.29) is 0 Å². The molecule has 1 aromatic heterocycles. The van der Waals surface area contributed by atoms with E-state index in [0.717, 1.165) is 36.0 Å². The Morgan fingerprint density at radius 3 is 2.56 bits per heavy atom. The fourth-order valence-corrected chi connectivity index (χ4v) is 3.55. The minimum absolute atomic E-state index is 0.527. The topological polar surface area (TPSA) is 75.8 Å². The molecule has 1 heterocycles. The van der Waals surface area contributed by atoms with Gasteiger partial charge in [0.2, 0.25) is 0 Å². The third kappa shape index (κ3) is 5.46. The van der Waals surface area contributed by atoms with Crippen molar-refractivity contribution in [2.75, 3.05) is 11.4 Å². The second kappa shape index (κ2) is 10.0. The zero-order valence-electron chi connectivity index (χ0n) is 18.0. The van der Waals surface area contributed by atoms with E-state index in [1.807, 2.05) is 48.5 Å². The normalized spacial score (nSPS) is 11.9. The number of carbonyl (C=O) groups is 1. The Morgan fingerprint density at radius 1 is 1.03 bits per heavy atom. The molecule has 3 aromatic carbocycles. The molecule has 6 heteroatoms. The van der Waals surface area contributed by atoms with Gasteiger partial charge < -0.3 is 19.2 Å². The number of para-hydroxylation sites is 2. The summed E-state index contributed by atoms with van der Waals surface area (Å²) in [6.07, 6.45) is 0.982. The lowest BCUT2D eigenvalue weighted by Crippen LogP contribution is -2.25. The van der Waals surface area contributed by atoms with Gasteiger partial charge in [0.25, 0.3) is 6.01 Å². The fourth-order valence-electron chi connectivity index (χ4n) is 3.55. The number of fused-ring (bicyclic) bond motifs is 1. The molecule has 0 spiro atoms. The maximum atomic E-state index is 11.1. The summed E-state index contributed by atoms with van der Waals surface area (Å²) in [7, 11) is 0. The number of ether oxygens (including phenoxy) is 1. The molecule has 4 aromatic rings. The molecule has 164 valence electrons. The molecule has 0 amide bonds. The standard InChI is InChI=1S/C26H26N2O4/c1-19(25(29)30)31-22-13-7-11-21(17-22)18-28(16-8-12-20-9-3-2-4-10-20)26-27-23-14-5-6-15-24(23)32-26/h2-7,9-11,13-15,17,19H,8,12,16,18H2,1H3,(H,29,30). The highest BCUT2D eigenvalue weighted by Gasteiger charge is 2.16. The minimum atomic E-state index is -0.996. The van der Waals surface area contributed by atoms with Crippen molar-refractivity contribution in [1.82, 2.24) is 4.98 Å². The number of oxazole rings is 1. The van der Waals surface area contributed by atoms with E-state index >= 15 is 0 Å². The van der Waals surface area contributed by atoms with Gasteiger partial charge in [-0.2, -0.15) is 4.98 Å². The summed E-state index contributed by atoms with van der Waals surface area (Å²) in [5.41, 5.74) is 3.86. The van der Waals surface area contributed by atoms with Gasteiger partial charge in [0, 0.05) is 13.1 Å². The number of carboxylic acid groups (broad SMARTS) is 1. The van der Waals surface area contributed by atoms with Crippen LogP contribution in [0.3, 0.4) is 0 Å². The predicted molar refractivity (Wildman–Crippen MR) is 124 cm³/mol. The van der Waals surface area contributed by atoms with Crippen LogP contribution in [0.25, 0.3) is 11.1 Å². The number of hydrogen-bond acceptors (Lipinski definition) is 5. The van der Waals surface area contributed by atoms with Crippen LogP contribution >= 0.6 is 0 Å². The monoisotopic (exact) mass is 430 g/mol. The van der Waals surface area contributed by atoms with Crippen molar-refractivity contribution >= 4 is 23.1 Å². The van der Waals surface area contributed by atoms with E-state index in [1.54, 1.807) is 6.07 Å². The molecule has 6 nitrogen and oxygen atoms in total. The van der Waals surface area contributed by atoms with Crippen molar-refractivity contribution in [2.24, 2.45) is 0 Å². The van der Waals surface area contributed by atoms with Gasteiger partial charge in [0.05, 0.1) is 0 Å². The van der Waals surface area contributed by atoms with Crippen molar-refractivity contribution in [2.45, 2.75) is 32.4 Å². The zero-order chi connectivity index (χ0) is 22.3. The highest BCUT2D eigenvalue weighted by atomic mass is 16.5. The minimum Gasteiger partial charge on any atom is -0.479 e. The van der Waals surface area contributed by atoms with Crippen molar-refractivity contribution < 1.29 is 19.1 Å². The lowest BCUT2D eigenvalue weighted by atomic mass is 10.1. The number of carboxylic acids is 1. The molecular formula is C26H26N2O4. The van der Waals surface area contributed by atoms with Crippen LogP contribution in [-0.4, -0.2) is 28.7 Å². The van der Waals surface area contributed by atoms with E-state index in [1.165, 1.54) is 12.5 Å². The van der Waals surface area contributed by atoms with Crippen molar-refractivity contribution in [3.63, 3.8) is 0 Å². The molecule has 0 aliphatic carbocycles. The molecule has 1 unspecified atom stereocenters. The van der Waals surface area contributed by atoms with E-state index in [4.69, 9.17) is 14.3 Å². The number of benzene rings is 3. The van der Waals surface area contributed by atoms with Crippen molar-refractivity contribution in [3.8, 4) is 5.75 Å².